The normalized spacial score (nSPS) is 22.8. The van der Waals surface area contributed by atoms with Gasteiger partial charge in [-0.2, -0.15) is 8.42 Å². The van der Waals surface area contributed by atoms with Gasteiger partial charge in [0, 0.05) is 15.4 Å². The molecule has 0 aromatic heterocycles. The third kappa shape index (κ3) is 3.20. The fraction of sp³-hybridized carbons (Fsp3) is 0.667. The fourth-order valence-electron chi connectivity index (χ4n) is 4.59. The summed E-state index contributed by atoms with van der Waals surface area (Å²) in [7, 11) is -6.36. The first-order chi connectivity index (χ1) is 11.1. The zero-order valence-electron chi connectivity index (χ0n) is 13.7. The van der Waals surface area contributed by atoms with Gasteiger partial charge in [0.15, 0.2) is 0 Å². The van der Waals surface area contributed by atoms with Gasteiger partial charge in [0.2, 0.25) is 0 Å². The highest BCUT2D eigenvalue weighted by atomic mass is 33.2. The standard InChI is InChI=1S/C18H28O3S2/c19-23(20,21)22(16-10-4-1-5-11-16,17-12-6-2-7-13-17)18-14-8-3-9-15-18/h1,4-5,10-11,17-18H,2-3,6-9,12-15H2,(H,19,20,21). The molecule has 0 spiro atoms. The average Bonchev–Trinajstić information content (AvgIpc) is 2.57. The van der Waals surface area contributed by atoms with E-state index in [4.69, 9.17) is 0 Å². The van der Waals surface area contributed by atoms with Crippen LogP contribution in [0.2, 0.25) is 0 Å². The molecule has 0 atom stereocenters. The Morgan fingerprint density at radius 2 is 1.17 bits per heavy atom. The molecule has 2 saturated carbocycles. The molecule has 1 N–H and O–H groups in total. The second-order valence-electron chi connectivity index (χ2n) is 6.91. The Hall–Kier alpha value is -0.520. The van der Waals surface area contributed by atoms with Gasteiger partial charge >= 0.3 is 9.15 Å². The minimum Gasteiger partial charge on any atom is -0.278 e. The van der Waals surface area contributed by atoms with Crippen molar-refractivity contribution in [3.05, 3.63) is 30.3 Å². The molecular weight excluding hydrogens is 328 g/mol. The Labute approximate surface area is 141 Å². The maximum absolute atomic E-state index is 12.8. The zero-order valence-corrected chi connectivity index (χ0v) is 15.3. The van der Waals surface area contributed by atoms with E-state index in [1.165, 1.54) is 12.8 Å². The molecule has 0 amide bonds. The van der Waals surface area contributed by atoms with Crippen LogP contribution in [0.1, 0.15) is 64.2 Å². The van der Waals surface area contributed by atoms with E-state index >= 15 is 0 Å². The summed E-state index contributed by atoms with van der Waals surface area (Å²) in [4.78, 5) is 0.890. The van der Waals surface area contributed by atoms with Crippen LogP contribution in [0.4, 0.5) is 0 Å². The van der Waals surface area contributed by atoms with Gasteiger partial charge in [0.1, 0.15) is 0 Å². The van der Waals surface area contributed by atoms with E-state index in [1.54, 1.807) is 0 Å². The molecule has 0 heterocycles. The van der Waals surface area contributed by atoms with Crippen molar-refractivity contribution in [2.45, 2.75) is 79.6 Å². The number of hydrogen-bond acceptors (Lipinski definition) is 2. The van der Waals surface area contributed by atoms with Crippen molar-refractivity contribution in [1.82, 2.24) is 0 Å². The Morgan fingerprint density at radius 1 is 0.739 bits per heavy atom. The Kier molecular flexibility index (Phi) is 5.39. The van der Waals surface area contributed by atoms with Crippen molar-refractivity contribution < 1.29 is 13.0 Å². The van der Waals surface area contributed by atoms with Gasteiger partial charge in [-0.05, 0) is 37.8 Å². The highest BCUT2D eigenvalue weighted by Gasteiger charge is 2.51. The zero-order chi connectivity index (χ0) is 16.3. The van der Waals surface area contributed by atoms with Crippen LogP contribution in [-0.2, 0) is 9.15 Å². The third-order valence-electron chi connectivity index (χ3n) is 5.55. The van der Waals surface area contributed by atoms with Crippen LogP contribution in [0.25, 0.3) is 0 Å². The lowest BCUT2D eigenvalue weighted by Gasteiger charge is -2.51. The summed E-state index contributed by atoms with van der Waals surface area (Å²) in [6, 6.07) is 9.68. The summed E-state index contributed by atoms with van der Waals surface area (Å²) in [6.07, 6.45) is 10.5. The number of rotatable bonds is 4. The molecule has 130 valence electrons. The third-order valence-corrected chi connectivity index (χ3v) is 14.5. The molecule has 3 nitrogen and oxygen atoms in total. The van der Waals surface area contributed by atoms with Crippen molar-refractivity contribution >= 4 is 18.2 Å². The lowest BCUT2D eigenvalue weighted by molar-refractivity contribution is 0.476. The first kappa shape index (κ1) is 17.3. The van der Waals surface area contributed by atoms with E-state index in [2.05, 4.69) is 0 Å². The molecule has 0 unspecified atom stereocenters. The Bertz CT molecular complexity index is 582. The first-order valence-corrected chi connectivity index (χ1v) is 12.6. The van der Waals surface area contributed by atoms with Crippen LogP contribution < -0.4 is 0 Å². The topological polar surface area (TPSA) is 54.4 Å². The second-order valence-corrected chi connectivity index (χ2v) is 13.8. The molecule has 0 saturated heterocycles. The van der Waals surface area contributed by atoms with Gasteiger partial charge in [-0.1, -0.05) is 65.8 Å². The Morgan fingerprint density at radius 3 is 1.57 bits per heavy atom. The quantitative estimate of drug-likeness (QED) is 0.587. The van der Waals surface area contributed by atoms with Gasteiger partial charge in [0.05, 0.1) is 0 Å². The smallest absolute Gasteiger partial charge is 0.278 e. The van der Waals surface area contributed by atoms with E-state index in [0.29, 0.717) is 0 Å². The Balaban J connectivity index is 2.16. The van der Waals surface area contributed by atoms with Crippen molar-refractivity contribution in [3.8, 4) is 0 Å². The van der Waals surface area contributed by atoms with Crippen molar-refractivity contribution in [2.24, 2.45) is 0 Å². The predicted molar refractivity (Wildman–Crippen MR) is 97.6 cm³/mol. The molecule has 1 aromatic rings. The lowest BCUT2D eigenvalue weighted by atomic mass is 10.00. The summed E-state index contributed by atoms with van der Waals surface area (Å²) >= 11 is 0. The second kappa shape index (κ2) is 7.16. The van der Waals surface area contributed by atoms with E-state index < -0.39 is 18.2 Å². The fourth-order valence-corrected chi connectivity index (χ4v) is 13.8. The molecule has 3 rings (SSSR count). The summed E-state index contributed by atoms with van der Waals surface area (Å²) in [5.74, 6) is 0. The van der Waals surface area contributed by atoms with Crippen LogP contribution in [0.15, 0.2) is 35.2 Å². The summed E-state index contributed by atoms with van der Waals surface area (Å²) in [5, 5.41) is 0.244. The molecule has 2 aliphatic rings. The lowest BCUT2D eigenvalue weighted by Crippen LogP contribution is -2.36. The maximum atomic E-state index is 12.8. The van der Waals surface area contributed by atoms with Crippen LogP contribution >= 0.6 is 9.06 Å². The monoisotopic (exact) mass is 356 g/mol. The molecule has 2 fully saturated rings. The van der Waals surface area contributed by atoms with E-state index in [9.17, 15) is 13.0 Å². The average molecular weight is 357 g/mol. The van der Waals surface area contributed by atoms with E-state index in [0.717, 1.165) is 56.3 Å². The van der Waals surface area contributed by atoms with Crippen LogP contribution in [0, 0.1) is 0 Å². The van der Waals surface area contributed by atoms with Gasteiger partial charge < -0.3 is 0 Å². The highest BCUT2D eigenvalue weighted by Crippen LogP contribution is 2.72. The number of benzene rings is 1. The molecule has 23 heavy (non-hydrogen) atoms. The predicted octanol–water partition coefficient (Wildman–Crippen LogP) is 5.32. The van der Waals surface area contributed by atoms with Gasteiger partial charge in [-0.3, -0.25) is 4.55 Å². The van der Waals surface area contributed by atoms with Crippen molar-refractivity contribution in [3.63, 3.8) is 0 Å². The molecule has 1 aromatic carbocycles. The largest absolute Gasteiger partial charge is 0.306 e. The number of hydrogen-bond donors (Lipinski definition) is 1. The van der Waals surface area contributed by atoms with Gasteiger partial charge in [-0.25, -0.2) is 0 Å². The summed E-state index contributed by atoms with van der Waals surface area (Å²) in [5.41, 5.74) is 0. The molecular formula is C18H28O3S2. The molecule has 0 aliphatic heterocycles. The molecule has 5 heteroatoms. The molecule has 0 bridgehead atoms. The highest BCUT2D eigenvalue weighted by molar-refractivity contribution is 8.89. The van der Waals surface area contributed by atoms with Crippen LogP contribution in [0.5, 0.6) is 0 Å². The minimum atomic E-state index is -4.10. The summed E-state index contributed by atoms with van der Waals surface area (Å²) in [6.45, 7) is 0. The molecule has 0 radical (unpaired) electrons. The van der Waals surface area contributed by atoms with E-state index in [-0.39, 0.29) is 10.5 Å². The SMILES string of the molecule is O=S(=O)(O)S(c1ccccc1)(C1CCCCC1)C1CCCCC1. The van der Waals surface area contributed by atoms with Crippen molar-refractivity contribution in [2.75, 3.05) is 0 Å². The minimum absolute atomic E-state index is 0.122. The van der Waals surface area contributed by atoms with Crippen molar-refractivity contribution in [1.29, 1.82) is 0 Å². The summed E-state index contributed by atoms with van der Waals surface area (Å²) < 4.78 is 36.2. The van der Waals surface area contributed by atoms with Crippen LogP contribution in [-0.4, -0.2) is 23.5 Å². The van der Waals surface area contributed by atoms with Crippen LogP contribution in [0.3, 0.4) is 0 Å². The van der Waals surface area contributed by atoms with Gasteiger partial charge in [0.25, 0.3) is 0 Å². The van der Waals surface area contributed by atoms with E-state index in [1.807, 2.05) is 30.3 Å². The maximum Gasteiger partial charge on any atom is 0.306 e. The first-order valence-electron chi connectivity index (χ1n) is 8.90. The van der Waals surface area contributed by atoms with Gasteiger partial charge in [-0.15, -0.1) is 0 Å². The molecule has 2 aliphatic carbocycles.